The first-order valence-electron chi connectivity index (χ1n) is 9.88. The van der Waals surface area contributed by atoms with E-state index >= 15 is 0 Å². The quantitative estimate of drug-likeness (QED) is 0.811. The monoisotopic (exact) mass is 417 g/mol. The maximum absolute atomic E-state index is 14.1. The molecule has 1 atom stereocenters. The second kappa shape index (κ2) is 8.12. The highest BCUT2D eigenvalue weighted by molar-refractivity contribution is 7.89. The zero-order valence-corrected chi connectivity index (χ0v) is 16.9. The third-order valence-electron chi connectivity index (χ3n) is 5.48. The number of benzene rings is 2. The van der Waals surface area contributed by atoms with Crippen molar-refractivity contribution in [1.29, 1.82) is 0 Å². The van der Waals surface area contributed by atoms with E-state index in [2.05, 4.69) is 10.2 Å². The zero-order chi connectivity index (χ0) is 20.4. The van der Waals surface area contributed by atoms with Crippen molar-refractivity contribution in [1.82, 2.24) is 4.31 Å². The maximum atomic E-state index is 14.1. The fraction of sp³-hybridized carbons (Fsp3) is 0.381. The summed E-state index contributed by atoms with van der Waals surface area (Å²) in [5, 5.41) is 2.73. The van der Waals surface area contributed by atoms with E-state index in [4.69, 9.17) is 0 Å². The van der Waals surface area contributed by atoms with Crippen LogP contribution in [0.4, 0.5) is 15.8 Å². The minimum Gasteiger partial charge on any atom is -0.371 e. The summed E-state index contributed by atoms with van der Waals surface area (Å²) in [7, 11) is -3.76. The summed E-state index contributed by atoms with van der Waals surface area (Å²) in [6, 6.07) is 11.8. The second-order valence-corrected chi connectivity index (χ2v) is 9.36. The molecule has 2 aliphatic rings. The van der Waals surface area contributed by atoms with Crippen LogP contribution in [0.15, 0.2) is 53.4 Å². The Kier molecular flexibility index (Phi) is 5.56. The Morgan fingerprint density at radius 1 is 1.00 bits per heavy atom. The lowest BCUT2D eigenvalue weighted by Gasteiger charge is -2.24. The van der Waals surface area contributed by atoms with Crippen LogP contribution in [-0.4, -0.2) is 44.3 Å². The van der Waals surface area contributed by atoms with Gasteiger partial charge in [0, 0.05) is 31.0 Å². The van der Waals surface area contributed by atoms with Gasteiger partial charge >= 0.3 is 0 Å². The maximum Gasteiger partial charge on any atom is 0.243 e. The van der Waals surface area contributed by atoms with Crippen molar-refractivity contribution in [3.8, 4) is 0 Å². The van der Waals surface area contributed by atoms with Crippen LogP contribution in [0.1, 0.15) is 25.7 Å². The molecule has 0 aromatic heterocycles. The highest BCUT2D eigenvalue weighted by Crippen LogP contribution is 2.29. The van der Waals surface area contributed by atoms with E-state index in [0.717, 1.165) is 31.6 Å². The smallest absolute Gasteiger partial charge is 0.243 e. The number of hydrogen-bond acceptors (Lipinski definition) is 4. The molecule has 1 unspecified atom stereocenters. The Hall–Kier alpha value is -2.45. The minimum absolute atomic E-state index is 0.168. The van der Waals surface area contributed by atoms with Crippen molar-refractivity contribution in [2.75, 3.05) is 29.9 Å². The van der Waals surface area contributed by atoms with Gasteiger partial charge in [-0.3, -0.25) is 4.79 Å². The van der Waals surface area contributed by atoms with Crippen LogP contribution >= 0.6 is 0 Å². The van der Waals surface area contributed by atoms with Crippen molar-refractivity contribution in [2.45, 2.75) is 36.6 Å². The van der Waals surface area contributed by atoms with E-state index in [1.807, 2.05) is 0 Å². The molecule has 2 aromatic carbocycles. The van der Waals surface area contributed by atoms with Crippen molar-refractivity contribution in [3.05, 3.63) is 54.3 Å². The summed E-state index contributed by atoms with van der Waals surface area (Å²) < 4.78 is 41.3. The minimum atomic E-state index is -3.76. The van der Waals surface area contributed by atoms with E-state index in [9.17, 15) is 17.6 Å². The fourth-order valence-electron chi connectivity index (χ4n) is 4.05. The number of sulfonamides is 1. The molecule has 2 aliphatic heterocycles. The Morgan fingerprint density at radius 3 is 2.45 bits per heavy atom. The molecule has 8 heteroatoms. The molecule has 0 aliphatic carbocycles. The lowest BCUT2D eigenvalue weighted by atomic mass is 10.2. The van der Waals surface area contributed by atoms with Gasteiger partial charge in [-0.25, -0.2) is 12.8 Å². The summed E-state index contributed by atoms with van der Waals surface area (Å²) in [6.07, 6.45) is 3.16. The van der Waals surface area contributed by atoms with Crippen LogP contribution in [0.3, 0.4) is 0 Å². The van der Waals surface area contributed by atoms with Crippen molar-refractivity contribution in [3.63, 3.8) is 0 Å². The van der Waals surface area contributed by atoms with Gasteiger partial charge in [-0.2, -0.15) is 4.31 Å². The number of carbonyl (C=O) groups excluding carboxylic acids is 1. The van der Waals surface area contributed by atoms with Crippen molar-refractivity contribution >= 4 is 27.3 Å². The second-order valence-electron chi connectivity index (χ2n) is 7.47. The van der Waals surface area contributed by atoms with Gasteiger partial charge in [-0.1, -0.05) is 18.2 Å². The first-order chi connectivity index (χ1) is 13.9. The largest absolute Gasteiger partial charge is 0.371 e. The van der Waals surface area contributed by atoms with Gasteiger partial charge in [0.25, 0.3) is 0 Å². The third kappa shape index (κ3) is 4.13. The molecule has 1 N–H and O–H groups in total. The number of rotatable bonds is 5. The molecule has 0 bridgehead atoms. The number of halogens is 1. The average molecular weight is 418 g/mol. The number of carbonyl (C=O) groups is 1. The van der Waals surface area contributed by atoms with Gasteiger partial charge in [0.1, 0.15) is 11.9 Å². The number of nitrogens with zero attached hydrogens (tertiary/aromatic N) is 2. The first-order valence-corrected chi connectivity index (χ1v) is 11.3. The Labute approximate surface area is 170 Å². The summed E-state index contributed by atoms with van der Waals surface area (Å²) in [6.45, 7) is 2.02. The van der Waals surface area contributed by atoms with E-state index in [1.165, 1.54) is 28.6 Å². The lowest BCUT2D eigenvalue weighted by Crippen LogP contribution is -2.43. The van der Waals surface area contributed by atoms with Crippen LogP contribution in [0, 0.1) is 5.82 Å². The molecule has 6 nitrogen and oxygen atoms in total. The molecular formula is C21H24FN3O3S. The average Bonchev–Trinajstić information content (AvgIpc) is 3.40. The zero-order valence-electron chi connectivity index (χ0n) is 16.1. The number of hydrogen-bond donors (Lipinski definition) is 1. The molecule has 2 saturated heterocycles. The number of amides is 1. The van der Waals surface area contributed by atoms with Crippen molar-refractivity contribution in [2.24, 2.45) is 0 Å². The van der Waals surface area contributed by atoms with Crippen LogP contribution < -0.4 is 10.2 Å². The third-order valence-corrected chi connectivity index (χ3v) is 7.40. The van der Waals surface area contributed by atoms with Crippen LogP contribution in [0.2, 0.25) is 0 Å². The topological polar surface area (TPSA) is 69.7 Å². The molecule has 0 spiro atoms. The highest BCUT2D eigenvalue weighted by atomic mass is 32.2. The summed E-state index contributed by atoms with van der Waals surface area (Å²) in [5.41, 5.74) is 1.08. The SMILES string of the molecule is O=C(Nc1cc(F)cc(N2CCCC2)c1)C1CCCN1S(=O)(=O)c1ccccc1. The molecule has 0 radical (unpaired) electrons. The van der Waals surface area contributed by atoms with Crippen LogP contribution in [0.5, 0.6) is 0 Å². The summed E-state index contributed by atoms with van der Waals surface area (Å²) in [5.74, 6) is -0.857. The van der Waals surface area contributed by atoms with Crippen molar-refractivity contribution < 1.29 is 17.6 Å². The summed E-state index contributed by atoms with van der Waals surface area (Å²) in [4.78, 5) is 15.1. The predicted molar refractivity (Wildman–Crippen MR) is 110 cm³/mol. The van der Waals surface area contributed by atoms with Gasteiger partial charge in [0.05, 0.1) is 4.90 Å². The van der Waals surface area contributed by atoms with Crippen LogP contribution in [-0.2, 0) is 14.8 Å². The van der Waals surface area contributed by atoms with E-state index in [0.29, 0.717) is 18.5 Å². The van der Waals surface area contributed by atoms with E-state index in [-0.39, 0.29) is 11.4 Å². The van der Waals surface area contributed by atoms with Gasteiger partial charge in [0.15, 0.2) is 0 Å². The van der Waals surface area contributed by atoms with E-state index < -0.39 is 27.8 Å². The molecule has 29 heavy (non-hydrogen) atoms. The van der Waals surface area contributed by atoms with E-state index in [1.54, 1.807) is 24.3 Å². The Bertz CT molecular complexity index is 991. The highest BCUT2D eigenvalue weighted by Gasteiger charge is 2.39. The Morgan fingerprint density at radius 2 is 1.72 bits per heavy atom. The number of nitrogens with one attached hydrogen (secondary N) is 1. The molecule has 1 amide bonds. The Balaban J connectivity index is 1.54. The van der Waals surface area contributed by atoms with Crippen LogP contribution in [0.25, 0.3) is 0 Å². The molecule has 2 fully saturated rings. The molecule has 2 heterocycles. The van der Waals surface area contributed by atoms with Gasteiger partial charge in [-0.15, -0.1) is 0 Å². The lowest BCUT2D eigenvalue weighted by molar-refractivity contribution is -0.119. The van der Waals surface area contributed by atoms with Gasteiger partial charge in [0.2, 0.25) is 15.9 Å². The standard InChI is InChI=1S/C21H24FN3O3S/c22-16-13-17(15-18(14-16)24-10-4-5-11-24)23-21(26)20-9-6-12-25(20)29(27,28)19-7-2-1-3-8-19/h1-3,7-8,13-15,20H,4-6,9-12H2,(H,23,26). The molecule has 0 saturated carbocycles. The molecular weight excluding hydrogens is 393 g/mol. The van der Waals surface area contributed by atoms with Gasteiger partial charge < -0.3 is 10.2 Å². The molecule has 4 rings (SSSR count). The predicted octanol–water partition coefficient (Wildman–Crippen LogP) is 3.22. The van der Waals surface area contributed by atoms with Gasteiger partial charge in [-0.05, 0) is 56.0 Å². The first kappa shape index (κ1) is 19.8. The summed E-state index contributed by atoms with van der Waals surface area (Å²) >= 11 is 0. The molecule has 154 valence electrons. The normalized spacial score (nSPS) is 20.2. The number of anilines is 2. The fourth-order valence-corrected chi connectivity index (χ4v) is 5.73. The molecule has 2 aromatic rings.